The van der Waals surface area contributed by atoms with E-state index in [0.29, 0.717) is 18.7 Å². The van der Waals surface area contributed by atoms with Gasteiger partial charge in [-0.05, 0) is 38.3 Å². The Kier molecular flexibility index (Phi) is 7.50. The number of halogens is 1. The number of carbonyl (C=O) groups excluding carboxylic acids is 1. The minimum atomic E-state index is 0.0651. The molecule has 1 unspecified atom stereocenters. The molecule has 0 fully saturated rings. The van der Waals surface area contributed by atoms with Gasteiger partial charge in [0.25, 0.3) is 5.91 Å². The predicted molar refractivity (Wildman–Crippen MR) is 102 cm³/mol. The van der Waals surface area contributed by atoms with E-state index in [1.54, 1.807) is 6.21 Å². The van der Waals surface area contributed by atoms with E-state index in [0.717, 1.165) is 31.6 Å². The first-order chi connectivity index (χ1) is 11.6. The van der Waals surface area contributed by atoms with Crippen molar-refractivity contribution in [3.63, 3.8) is 0 Å². The molecule has 0 saturated carbocycles. The Morgan fingerprint density at radius 1 is 1.33 bits per heavy atom. The Bertz CT molecular complexity index is 596. The number of rotatable bonds is 8. The number of benzene rings is 1. The third-order valence-electron chi connectivity index (χ3n) is 3.80. The van der Waals surface area contributed by atoms with Gasteiger partial charge in [0, 0.05) is 19.3 Å². The van der Waals surface area contributed by atoms with Gasteiger partial charge in [-0.3, -0.25) is 9.79 Å². The molecular formula is C19H25BrN2O2. The van der Waals surface area contributed by atoms with Crippen LogP contribution in [0, 0.1) is 6.92 Å². The summed E-state index contributed by atoms with van der Waals surface area (Å²) >= 11 is 3.43. The fourth-order valence-corrected chi connectivity index (χ4v) is 2.79. The van der Waals surface area contributed by atoms with Crippen molar-refractivity contribution in [2.24, 2.45) is 4.99 Å². The maximum atomic E-state index is 12.6. The summed E-state index contributed by atoms with van der Waals surface area (Å²) in [4.78, 5) is 18.9. The second kappa shape index (κ2) is 9.62. The minimum Gasteiger partial charge on any atom is -0.494 e. The summed E-state index contributed by atoms with van der Waals surface area (Å²) in [5, 5.41) is 0. The molecule has 24 heavy (non-hydrogen) atoms. The minimum absolute atomic E-state index is 0.0651. The summed E-state index contributed by atoms with van der Waals surface area (Å²) in [5.74, 6) is 0.940. The first kappa shape index (κ1) is 18.7. The van der Waals surface area contributed by atoms with Gasteiger partial charge in [-0.2, -0.15) is 0 Å². The van der Waals surface area contributed by atoms with Crippen LogP contribution in [0.5, 0.6) is 5.75 Å². The third-order valence-corrected chi connectivity index (χ3v) is 4.41. The molecule has 5 heteroatoms. The Labute approximate surface area is 152 Å². The Morgan fingerprint density at radius 3 is 2.71 bits per heavy atom. The topological polar surface area (TPSA) is 41.9 Å². The number of aryl methyl sites for hydroxylation is 1. The van der Waals surface area contributed by atoms with E-state index in [-0.39, 0.29) is 10.9 Å². The Morgan fingerprint density at radius 2 is 2.08 bits per heavy atom. The smallest absolute Gasteiger partial charge is 0.255 e. The van der Waals surface area contributed by atoms with Gasteiger partial charge in [0.1, 0.15) is 10.7 Å². The highest BCUT2D eigenvalue weighted by molar-refractivity contribution is 9.09. The molecule has 1 amide bonds. The average molecular weight is 393 g/mol. The van der Waals surface area contributed by atoms with Crippen LogP contribution in [0.15, 0.2) is 40.9 Å². The van der Waals surface area contributed by atoms with Crippen molar-refractivity contribution in [3.05, 3.63) is 41.5 Å². The summed E-state index contributed by atoms with van der Waals surface area (Å²) in [7, 11) is 0. The van der Waals surface area contributed by atoms with E-state index in [1.165, 1.54) is 5.56 Å². The maximum absolute atomic E-state index is 12.6. The molecule has 1 heterocycles. The molecule has 130 valence electrons. The predicted octanol–water partition coefficient (Wildman–Crippen LogP) is 4.12. The third kappa shape index (κ3) is 5.78. The van der Waals surface area contributed by atoms with Crippen molar-refractivity contribution in [2.45, 2.75) is 38.1 Å². The molecule has 0 aromatic heterocycles. The highest BCUT2D eigenvalue weighted by atomic mass is 79.9. The zero-order valence-electron chi connectivity index (χ0n) is 14.4. The molecule has 1 aromatic carbocycles. The molecule has 1 aliphatic heterocycles. The lowest BCUT2D eigenvalue weighted by Gasteiger charge is -2.23. The van der Waals surface area contributed by atoms with Gasteiger partial charge in [0.05, 0.1) is 12.2 Å². The lowest BCUT2D eigenvalue weighted by molar-refractivity contribution is -0.126. The van der Waals surface area contributed by atoms with Gasteiger partial charge in [0.2, 0.25) is 0 Å². The standard InChI is InChI=1S/C19H25BrN2O2/c1-3-11-22(19(23)16-7-10-18(20)21-14-16)12-4-13-24-17-8-5-15(2)6-9-17/h5-9,14,18H,3-4,10-13H2,1-2H3. The number of aliphatic imine (C=N–C) groups is 1. The number of ether oxygens (including phenoxy) is 1. The van der Waals surface area contributed by atoms with E-state index in [2.05, 4.69) is 34.8 Å². The van der Waals surface area contributed by atoms with Gasteiger partial charge >= 0.3 is 0 Å². The molecule has 1 aliphatic rings. The van der Waals surface area contributed by atoms with Crippen molar-refractivity contribution in [2.75, 3.05) is 19.7 Å². The van der Waals surface area contributed by atoms with Crippen molar-refractivity contribution < 1.29 is 9.53 Å². The van der Waals surface area contributed by atoms with Gasteiger partial charge < -0.3 is 9.64 Å². The highest BCUT2D eigenvalue weighted by Gasteiger charge is 2.18. The summed E-state index contributed by atoms with van der Waals surface area (Å²) in [6, 6.07) is 8.02. The van der Waals surface area contributed by atoms with Crippen LogP contribution in [0.2, 0.25) is 0 Å². The highest BCUT2D eigenvalue weighted by Crippen LogP contribution is 2.16. The number of nitrogens with zero attached hydrogens (tertiary/aromatic N) is 2. The van der Waals surface area contributed by atoms with E-state index < -0.39 is 0 Å². The second-order valence-electron chi connectivity index (χ2n) is 5.92. The Hall–Kier alpha value is -1.62. The average Bonchev–Trinajstić information content (AvgIpc) is 2.59. The van der Waals surface area contributed by atoms with Gasteiger partial charge in [0.15, 0.2) is 0 Å². The zero-order valence-corrected chi connectivity index (χ0v) is 16.0. The molecule has 4 nitrogen and oxygen atoms in total. The SMILES string of the molecule is CCCN(CCCOc1ccc(C)cc1)C(=O)C1=CCC(Br)N=C1. The van der Waals surface area contributed by atoms with Gasteiger partial charge in [-0.25, -0.2) is 0 Å². The number of dihydropyridines is 1. The lowest BCUT2D eigenvalue weighted by Crippen LogP contribution is -2.35. The second-order valence-corrected chi connectivity index (χ2v) is 6.97. The molecule has 1 atom stereocenters. The monoisotopic (exact) mass is 392 g/mol. The maximum Gasteiger partial charge on any atom is 0.255 e. The molecule has 0 aliphatic carbocycles. The van der Waals surface area contributed by atoms with Crippen LogP contribution in [0.4, 0.5) is 0 Å². The lowest BCUT2D eigenvalue weighted by atomic mass is 10.1. The summed E-state index contributed by atoms with van der Waals surface area (Å²) in [6.07, 6.45) is 6.14. The van der Waals surface area contributed by atoms with Crippen LogP contribution in [-0.2, 0) is 4.79 Å². The molecule has 0 bridgehead atoms. The number of hydrogen-bond donors (Lipinski definition) is 0. The molecule has 0 radical (unpaired) electrons. The summed E-state index contributed by atoms with van der Waals surface area (Å²) in [6.45, 7) is 6.20. The van der Waals surface area contributed by atoms with Crippen LogP contribution >= 0.6 is 15.9 Å². The van der Waals surface area contributed by atoms with Crippen LogP contribution in [0.1, 0.15) is 31.7 Å². The zero-order chi connectivity index (χ0) is 17.4. The summed E-state index contributed by atoms with van der Waals surface area (Å²) in [5.41, 5.74) is 1.91. The summed E-state index contributed by atoms with van der Waals surface area (Å²) < 4.78 is 5.74. The van der Waals surface area contributed by atoms with E-state index in [9.17, 15) is 4.79 Å². The molecule has 2 rings (SSSR count). The van der Waals surface area contributed by atoms with Crippen LogP contribution in [0.3, 0.4) is 0 Å². The molecule has 0 saturated heterocycles. The van der Waals surface area contributed by atoms with E-state index >= 15 is 0 Å². The van der Waals surface area contributed by atoms with Gasteiger partial charge in [-0.15, -0.1) is 0 Å². The van der Waals surface area contributed by atoms with Crippen LogP contribution in [-0.4, -0.2) is 41.7 Å². The van der Waals surface area contributed by atoms with Crippen molar-refractivity contribution in [1.82, 2.24) is 4.90 Å². The largest absolute Gasteiger partial charge is 0.494 e. The van der Waals surface area contributed by atoms with E-state index in [4.69, 9.17) is 4.74 Å². The van der Waals surface area contributed by atoms with Crippen LogP contribution in [0.25, 0.3) is 0 Å². The fraction of sp³-hybridized carbons (Fsp3) is 0.474. The number of hydrogen-bond acceptors (Lipinski definition) is 3. The molecule has 1 aromatic rings. The van der Waals surface area contributed by atoms with Crippen molar-refractivity contribution in [3.8, 4) is 5.75 Å². The first-order valence-electron chi connectivity index (χ1n) is 8.46. The quantitative estimate of drug-likeness (QED) is 0.379. The number of alkyl halides is 1. The first-order valence-corrected chi connectivity index (χ1v) is 9.38. The normalized spacial score (nSPS) is 16.6. The van der Waals surface area contributed by atoms with Crippen molar-refractivity contribution in [1.29, 1.82) is 0 Å². The molecule has 0 N–H and O–H groups in total. The number of carbonyl (C=O) groups is 1. The van der Waals surface area contributed by atoms with Gasteiger partial charge in [-0.1, -0.05) is 46.6 Å². The van der Waals surface area contributed by atoms with E-state index in [1.807, 2.05) is 35.2 Å². The van der Waals surface area contributed by atoms with Crippen molar-refractivity contribution >= 4 is 28.1 Å². The Balaban J connectivity index is 1.81. The number of amides is 1. The van der Waals surface area contributed by atoms with Crippen LogP contribution < -0.4 is 4.74 Å². The fourth-order valence-electron chi connectivity index (χ4n) is 2.49. The molecule has 0 spiro atoms. The molecular weight excluding hydrogens is 368 g/mol.